The number of hydrogen-bond acceptors (Lipinski definition) is 5. The molecule has 0 bridgehead atoms. The molecule has 2 aromatic rings. The third-order valence-corrected chi connectivity index (χ3v) is 3.26. The van der Waals surface area contributed by atoms with Gasteiger partial charge in [0.15, 0.2) is 5.78 Å². The van der Waals surface area contributed by atoms with E-state index in [-0.39, 0.29) is 17.8 Å². The van der Waals surface area contributed by atoms with Crippen molar-refractivity contribution in [3.8, 4) is 0 Å². The first-order chi connectivity index (χ1) is 10.3. The van der Waals surface area contributed by atoms with Crippen LogP contribution in [-0.2, 0) is 13.6 Å². The highest BCUT2D eigenvalue weighted by Crippen LogP contribution is 2.18. The Labute approximate surface area is 124 Å². The molecule has 0 saturated heterocycles. The van der Waals surface area contributed by atoms with Crippen molar-refractivity contribution in [1.29, 1.82) is 0 Å². The number of para-hydroxylation sites is 1. The number of carbonyl (C=O) groups excluding carboxylic acids is 1. The van der Waals surface area contributed by atoms with Gasteiger partial charge in [0.2, 0.25) is 0 Å². The lowest BCUT2D eigenvalue weighted by molar-refractivity contribution is -0.385. The van der Waals surface area contributed by atoms with Crippen molar-refractivity contribution in [1.82, 2.24) is 9.13 Å². The van der Waals surface area contributed by atoms with Crippen molar-refractivity contribution in [2.45, 2.75) is 13.5 Å². The highest BCUT2D eigenvalue weighted by Gasteiger charge is 2.16. The molecular weight excluding hydrogens is 290 g/mol. The van der Waals surface area contributed by atoms with E-state index in [0.29, 0.717) is 5.56 Å². The van der Waals surface area contributed by atoms with Crippen molar-refractivity contribution < 1.29 is 9.72 Å². The highest BCUT2D eigenvalue weighted by molar-refractivity contribution is 5.93. The Morgan fingerprint density at radius 3 is 2.50 bits per heavy atom. The number of nitro groups is 1. The van der Waals surface area contributed by atoms with Crippen molar-refractivity contribution in [3.05, 3.63) is 72.5 Å². The van der Waals surface area contributed by atoms with Gasteiger partial charge in [-0.1, -0.05) is 18.2 Å². The fourth-order valence-electron chi connectivity index (χ4n) is 2.09. The molecule has 0 amide bonds. The summed E-state index contributed by atoms with van der Waals surface area (Å²) in [5, 5.41) is 11.0. The van der Waals surface area contributed by atoms with Crippen LogP contribution in [0, 0.1) is 10.1 Å². The van der Waals surface area contributed by atoms with Gasteiger partial charge in [-0.15, -0.1) is 0 Å². The fourth-order valence-corrected chi connectivity index (χ4v) is 2.09. The lowest BCUT2D eigenvalue weighted by Gasteiger charge is -2.09. The van der Waals surface area contributed by atoms with Gasteiger partial charge in [0.1, 0.15) is 0 Å². The molecule has 0 N–H and O–H groups in total. The van der Waals surface area contributed by atoms with Crippen molar-refractivity contribution in [3.63, 3.8) is 0 Å². The summed E-state index contributed by atoms with van der Waals surface area (Å²) in [6, 6.07) is 5.98. The molecule has 0 aliphatic heterocycles. The minimum absolute atomic E-state index is 0.107. The van der Waals surface area contributed by atoms with Gasteiger partial charge in [-0.2, -0.15) is 0 Å². The Morgan fingerprint density at radius 2 is 1.91 bits per heavy atom. The smallest absolute Gasteiger partial charge is 0.295 e. The Morgan fingerprint density at radius 1 is 1.27 bits per heavy atom. The summed E-state index contributed by atoms with van der Waals surface area (Å²) < 4.78 is 1.92. The van der Waals surface area contributed by atoms with Crippen LogP contribution in [0.1, 0.15) is 22.8 Å². The number of hydrogen-bond donors (Lipinski definition) is 0. The van der Waals surface area contributed by atoms with Crippen molar-refractivity contribution in [2.24, 2.45) is 7.05 Å². The van der Waals surface area contributed by atoms with Crippen LogP contribution in [0.5, 0.6) is 0 Å². The lowest BCUT2D eigenvalue weighted by Crippen LogP contribution is -2.40. The van der Waals surface area contributed by atoms with Crippen molar-refractivity contribution >= 4 is 11.5 Å². The van der Waals surface area contributed by atoms with E-state index < -0.39 is 22.0 Å². The molecule has 1 aromatic heterocycles. The molecule has 0 unspecified atom stereocenters. The maximum atomic E-state index is 12.1. The molecule has 1 heterocycles. The molecule has 1 aromatic carbocycles. The van der Waals surface area contributed by atoms with E-state index in [0.717, 1.165) is 15.3 Å². The van der Waals surface area contributed by atoms with Gasteiger partial charge in [0.25, 0.3) is 11.2 Å². The van der Waals surface area contributed by atoms with Gasteiger partial charge in [-0.05, 0) is 6.92 Å². The topological polar surface area (TPSA) is 104 Å². The Kier molecular flexibility index (Phi) is 4.02. The molecule has 0 saturated carbocycles. The molecule has 0 spiro atoms. The molecule has 2 rings (SSSR count). The predicted octanol–water partition coefficient (Wildman–Crippen LogP) is 0.706. The SMILES string of the molecule is CC(=O)c1cn(Cc2ccccc2[N+](=O)[O-])c(=O)n(C)c1=O. The van der Waals surface area contributed by atoms with Crippen LogP contribution in [0.3, 0.4) is 0 Å². The van der Waals surface area contributed by atoms with Crippen LogP contribution in [-0.4, -0.2) is 19.8 Å². The first-order valence-electron chi connectivity index (χ1n) is 6.36. The zero-order chi connectivity index (χ0) is 16.4. The largest absolute Gasteiger partial charge is 0.331 e. The number of Topliss-reactive ketones (excluding diaryl/α,β-unsaturated/α-hetero) is 1. The number of rotatable bonds is 4. The number of carbonyl (C=O) groups is 1. The molecule has 0 aliphatic rings. The van der Waals surface area contributed by atoms with Gasteiger partial charge in [0.05, 0.1) is 17.0 Å². The summed E-state index contributed by atoms with van der Waals surface area (Å²) in [5.74, 6) is -0.475. The second kappa shape index (κ2) is 5.76. The second-order valence-electron chi connectivity index (χ2n) is 4.76. The normalized spacial score (nSPS) is 10.5. The summed E-state index contributed by atoms with van der Waals surface area (Å²) in [5.41, 5.74) is -1.29. The average Bonchev–Trinajstić information content (AvgIpc) is 2.47. The summed E-state index contributed by atoms with van der Waals surface area (Å²) in [6.45, 7) is 1.11. The molecule has 0 aliphatic carbocycles. The molecule has 8 heteroatoms. The standard InChI is InChI=1S/C14H13N3O5/c1-9(18)11-8-16(14(20)15(2)13(11)19)7-10-5-3-4-6-12(10)17(21)22/h3-6,8H,7H2,1-2H3. The second-order valence-corrected chi connectivity index (χ2v) is 4.76. The van der Waals surface area contributed by atoms with Gasteiger partial charge < -0.3 is 0 Å². The molecular formula is C14H13N3O5. The number of nitro benzene ring substituents is 1. The van der Waals surface area contributed by atoms with Gasteiger partial charge in [-0.25, -0.2) is 4.79 Å². The van der Waals surface area contributed by atoms with E-state index in [1.807, 2.05) is 0 Å². The molecule has 0 radical (unpaired) electrons. The summed E-state index contributed by atoms with van der Waals surface area (Å²) in [7, 11) is 1.26. The van der Waals surface area contributed by atoms with Crippen LogP contribution >= 0.6 is 0 Å². The Balaban J connectivity index is 2.61. The van der Waals surface area contributed by atoms with Crippen LogP contribution in [0.25, 0.3) is 0 Å². The molecule has 114 valence electrons. The predicted molar refractivity (Wildman–Crippen MR) is 78.1 cm³/mol. The summed E-state index contributed by atoms with van der Waals surface area (Å²) >= 11 is 0. The zero-order valence-corrected chi connectivity index (χ0v) is 12.0. The van der Waals surface area contributed by atoms with Gasteiger partial charge >= 0.3 is 5.69 Å². The maximum Gasteiger partial charge on any atom is 0.331 e. The average molecular weight is 303 g/mol. The minimum Gasteiger partial charge on any atom is -0.295 e. The van der Waals surface area contributed by atoms with Gasteiger partial charge in [0, 0.05) is 24.9 Å². The first-order valence-corrected chi connectivity index (χ1v) is 6.36. The maximum absolute atomic E-state index is 12.1. The third kappa shape index (κ3) is 2.71. The molecule has 8 nitrogen and oxygen atoms in total. The number of aromatic nitrogens is 2. The van der Waals surface area contributed by atoms with Crippen molar-refractivity contribution in [2.75, 3.05) is 0 Å². The number of ketones is 1. The van der Waals surface area contributed by atoms with E-state index in [4.69, 9.17) is 0 Å². The highest BCUT2D eigenvalue weighted by atomic mass is 16.6. The molecule has 22 heavy (non-hydrogen) atoms. The number of nitrogens with zero attached hydrogens (tertiary/aromatic N) is 3. The summed E-state index contributed by atoms with van der Waals surface area (Å²) in [6.07, 6.45) is 1.14. The van der Waals surface area contributed by atoms with E-state index in [1.165, 1.54) is 32.2 Å². The van der Waals surface area contributed by atoms with Gasteiger partial charge in [-0.3, -0.25) is 28.8 Å². The van der Waals surface area contributed by atoms with Crippen LogP contribution in [0.15, 0.2) is 40.1 Å². The van der Waals surface area contributed by atoms with E-state index in [2.05, 4.69) is 0 Å². The van der Waals surface area contributed by atoms with E-state index in [1.54, 1.807) is 6.07 Å². The minimum atomic E-state index is -0.684. The fraction of sp³-hybridized carbons (Fsp3) is 0.214. The quantitative estimate of drug-likeness (QED) is 0.470. The van der Waals surface area contributed by atoms with Crippen LogP contribution < -0.4 is 11.2 Å². The molecule has 0 atom stereocenters. The number of benzene rings is 1. The first kappa shape index (κ1) is 15.4. The Hall–Kier alpha value is -3.03. The molecule has 0 fully saturated rings. The summed E-state index contributed by atoms with van der Waals surface area (Å²) in [4.78, 5) is 45.9. The van der Waals surface area contributed by atoms with Crippen LogP contribution in [0.4, 0.5) is 5.69 Å². The van der Waals surface area contributed by atoms with E-state index in [9.17, 15) is 24.5 Å². The lowest BCUT2D eigenvalue weighted by atomic mass is 10.1. The van der Waals surface area contributed by atoms with E-state index >= 15 is 0 Å². The zero-order valence-electron chi connectivity index (χ0n) is 12.0. The van der Waals surface area contributed by atoms with Crippen LogP contribution in [0.2, 0.25) is 0 Å². The monoisotopic (exact) mass is 303 g/mol. The Bertz CT molecular complexity index is 879. The third-order valence-electron chi connectivity index (χ3n) is 3.26.